The minimum atomic E-state index is 0.561. The predicted molar refractivity (Wildman–Crippen MR) is 180 cm³/mol. The zero-order valence-corrected chi connectivity index (χ0v) is 23.8. The number of hydrogen-bond acceptors (Lipinski definition) is 5. The highest BCUT2D eigenvalue weighted by Gasteiger charge is 2.23. The third kappa shape index (κ3) is 3.55. The molecule has 3 heterocycles. The van der Waals surface area contributed by atoms with Crippen LogP contribution in [0, 0.1) is 0 Å². The average Bonchev–Trinajstić information content (AvgIpc) is 3.81. The van der Waals surface area contributed by atoms with E-state index < -0.39 is 0 Å². The van der Waals surface area contributed by atoms with Crippen LogP contribution in [0.5, 0.6) is 0 Å². The predicted octanol–water partition coefficient (Wildman–Crippen LogP) is 11.2. The molecule has 0 N–H and O–H groups in total. The smallest absolute Gasteiger partial charge is 0.228 e. The molecule has 7 aromatic carbocycles. The maximum absolute atomic E-state index is 6.51. The second-order valence-corrected chi connectivity index (χ2v) is 11.3. The molecule has 0 saturated carbocycles. The van der Waals surface area contributed by atoms with Gasteiger partial charge in [-0.25, -0.2) is 9.97 Å². The van der Waals surface area contributed by atoms with Gasteiger partial charge in [0.1, 0.15) is 22.2 Å². The summed E-state index contributed by atoms with van der Waals surface area (Å²) in [4.78, 5) is 9.85. The first-order valence-corrected chi connectivity index (χ1v) is 14.9. The molecule has 0 spiro atoms. The number of fused-ring (bicyclic) bond motifs is 7. The maximum Gasteiger partial charge on any atom is 0.228 e. The number of hydrogen-bond donors (Lipinski definition) is 0. The van der Waals surface area contributed by atoms with Crippen molar-refractivity contribution >= 4 is 65.7 Å². The third-order valence-corrected chi connectivity index (χ3v) is 8.73. The molecular weight excluding hydrogens is 556 g/mol. The van der Waals surface area contributed by atoms with E-state index in [9.17, 15) is 0 Å². The van der Waals surface area contributed by atoms with Gasteiger partial charge in [-0.05, 0) is 75.1 Å². The second kappa shape index (κ2) is 9.15. The van der Waals surface area contributed by atoms with Crippen LogP contribution in [0.2, 0.25) is 0 Å². The number of para-hydroxylation sites is 5. The van der Waals surface area contributed by atoms with Crippen molar-refractivity contribution in [1.29, 1.82) is 0 Å². The lowest BCUT2D eigenvalue weighted by molar-refractivity contribution is 0.620. The zero-order chi connectivity index (χ0) is 29.5. The molecule has 0 fully saturated rings. The van der Waals surface area contributed by atoms with E-state index in [0.717, 1.165) is 87.9 Å². The molecule has 0 saturated heterocycles. The van der Waals surface area contributed by atoms with E-state index in [1.165, 1.54) is 0 Å². The minimum absolute atomic E-state index is 0.561. The van der Waals surface area contributed by atoms with Crippen LogP contribution >= 0.6 is 0 Å². The van der Waals surface area contributed by atoms with Crippen LogP contribution < -0.4 is 0 Å². The second-order valence-electron chi connectivity index (χ2n) is 11.3. The molecule has 45 heavy (non-hydrogen) atoms. The number of furan rings is 1. The molecule has 210 valence electrons. The van der Waals surface area contributed by atoms with E-state index in [1.807, 2.05) is 66.7 Å². The number of oxazole rings is 2. The Labute approximate surface area is 256 Å². The van der Waals surface area contributed by atoms with Gasteiger partial charge in [0.2, 0.25) is 11.8 Å². The van der Waals surface area contributed by atoms with Crippen LogP contribution in [-0.2, 0) is 0 Å². The SMILES string of the molecule is c1ccc2oc(-c3c4ccccc4c(-c4cc(-c5nc6ccccc6o5)c5c(c4)oc4ccccc45)c4ccccc34)nc2c1. The van der Waals surface area contributed by atoms with Gasteiger partial charge in [-0.3, -0.25) is 0 Å². The zero-order valence-electron chi connectivity index (χ0n) is 23.8. The average molecular weight is 579 g/mol. The highest BCUT2D eigenvalue weighted by molar-refractivity contribution is 6.22. The summed E-state index contributed by atoms with van der Waals surface area (Å²) >= 11 is 0. The lowest BCUT2D eigenvalue weighted by Gasteiger charge is -2.16. The number of benzene rings is 7. The van der Waals surface area contributed by atoms with E-state index in [-0.39, 0.29) is 0 Å². The Bertz CT molecular complexity index is 2660. The van der Waals surface area contributed by atoms with Gasteiger partial charge in [-0.1, -0.05) is 91.0 Å². The van der Waals surface area contributed by atoms with Crippen molar-refractivity contribution in [3.63, 3.8) is 0 Å². The fourth-order valence-electron chi connectivity index (χ4n) is 6.80. The van der Waals surface area contributed by atoms with Gasteiger partial charge in [-0.15, -0.1) is 0 Å². The topological polar surface area (TPSA) is 65.2 Å². The molecule has 0 aliphatic heterocycles. The van der Waals surface area contributed by atoms with E-state index >= 15 is 0 Å². The Hall–Kier alpha value is -6.20. The molecular formula is C40H22N2O3. The molecule has 0 amide bonds. The van der Waals surface area contributed by atoms with Crippen LogP contribution in [0.15, 0.2) is 147 Å². The van der Waals surface area contributed by atoms with Gasteiger partial charge < -0.3 is 13.3 Å². The standard InChI is InChI=1S/C40H22N2O3/c1-3-13-26-24(11-1)36(25-12-2-4-14-27(25)38(26)40-42-31-17-7-10-20-34(31)45-40)23-21-29(39-41-30-16-6-9-19-33(30)44-39)37-28-15-5-8-18-32(28)43-35(37)22-23/h1-22H. The Kier molecular flexibility index (Phi) is 4.93. The minimum Gasteiger partial charge on any atom is -0.456 e. The van der Waals surface area contributed by atoms with Gasteiger partial charge in [0.25, 0.3) is 0 Å². The summed E-state index contributed by atoms with van der Waals surface area (Å²) in [6.45, 7) is 0. The Morgan fingerprint density at radius 1 is 0.378 bits per heavy atom. The lowest BCUT2D eigenvalue weighted by Crippen LogP contribution is -1.91. The fraction of sp³-hybridized carbons (Fsp3) is 0. The molecule has 0 aliphatic carbocycles. The van der Waals surface area contributed by atoms with E-state index in [2.05, 4.69) is 66.7 Å². The van der Waals surface area contributed by atoms with Crippen molar-refractivity contribution in [3.05, 3.63) is 133 Å². The van der Waals surface area contributed by atoms with Crippen LogP contribution in [0.3, 0.4) is 0 Å². The summed E-state index contributed by atoms with van der Waals surface area (Å²) in [7, 11) is 0. The van der Waals surface area contributed by atoms with Crippen molar-refractivity contribution in [3.8, 4) is 34.0 Å². The molecule has 0 atom stereocenters. The highest BCUT2D eigenvalue weighted by atomic mass is 16.4. The summed E-state index contributed by atoms with van der Waals surface area (Å²) in [6.07, 6.45) is 0. The summed E-state index contributed by atoms with van der Waals surface area (Å²) in [5.41, 5.74) is 8.74. The van der Waals surface area contributed by atoms with Crippen molar-refractivity contribution in [2.75, 3.05) is 0 Å². The first-order chi connectivity index (χ1) is 22.3. The Morgan fingerprint density at radius 2 is 0.867 bits per heavy atom. The van der Waals surface area contributed by atoms with Crippen molar-refractivity contribution in [2.24, 2.45) is 0 Å². The molecule has 3 aromatic heterocycles. The molecule has 10 aromatic rings. The first-order valence-electron chi connectivity index (χ1n) is 14.9. The quantitative estimate of drug-likeness (QED) is 0.195. The first kappa shape index (κ1) is 24.3. The Morgan fingerprint density at radius 3 is 1.49 bits per heavy atom. The summed E-state index contributed by atoms with van der Waals surface area (Å²) in [5, 5.41) is 6.31. The summed E-state index contributed by atoms with van der Waals surface area (Å²) in [6, 6.07) is 45.2. The van der Waals surface area contributed by atoms with Gasteiger partial charge in [0.15, 0.2) is 11.2 Å². The summed E-state index contributed by atoms with van der Waals surface area (Å²) in [5.74, 6) is 1.17. The number of nitrogens with zero attached hydrogens (tertiary/aromatic N) is 2. The molecule has 0 radical (unpaired) electrons. The number of aromatic nitrogens is 2. The van der Waals surface area contributed by atoms with Crippen molar-refractivity contribution in [2.45, 2.75) is 0 Å². The molecule has 10 rings (SSSR count). The van der Waals surface area contributed by atoms with Crippen LogP contribution in [-0.4, -0.2) is 9.97 Å². The van der Waals surface area contributed by atoms with Crippen LogP contribution in [0.25, 0.3) is 99.7 Å². The monoisotopic (exact) mass is 578 g/mol. The van der Waals surface area contributed by atoms with Crippen LogP contribution in [0.4, 0.5) is 0 Å². The molecule has 5 nitrogen and oxygen atoms in total. The normalized spacial score (nSPS) is 12.0. The maximum atomic E-state index is 6.51. The number of rotatable bonds is 3. The van der Waals surface area contributed by atoms with E-state index in [1.54, 1.807) is 0 Å². The summed E-state index contributed by atoms with van der Waals surface area (Å²) < 4.78 is 19.3. The van der Waals surface area contributed by atoms with Crippen molar-refractivity contribution in [1.82, 2.24) is 9.97 Å². The van der Waals surface area contributed by atoms with E-state index in [0.29, 0.717) is 11.8 Å². The highest BCUT2D eigenvalue weighted by Crippen LogP contribution is 2.47. The van der Waals surface area contributed by atoms with Gasteiger partial charge in [-0.2, -0.15) is 0 Å². The Balaban J connectivity index is 1.33. The van der Waals surface area contributed by atoms with Crippen molar-refractivity contribution < 1.29 is 13.3 Å². The molecule has 5 heteroatoms. The molecule has 0 bridgehead atoms. The van der Waals surface area contributed by atoms with Gasteiger partial charge in [0, 0.05) is 16.3 Å². The largest absolute Gasteiger partial charge is 0.456 e. The molecule has 0 aliphatic rings. The molecule has 0 unspecified atom stereocenters. The van der Waals surface area contributed by atoms with E-state index in [4.69, 9.17) is 23.2 Å². The van der Waals surface area contributed by atoms with Crippen LogP contribution in [0.1, 0.15) is 0 Å². The lowest BCUT2D eigenvalue weighted by atomic mass is 9.87. The van der Waals surface area contributed by atoms with Gasteiger partial charge in [0.05, 0.1) is 5.56 Å². The van der Waals surface area contributed by atoms with Gasteiger partial charge >= 0.3 is 0 Å². The third-order valence-electron chi connectivity index (χ3n) is 8.73. The fourth-order valence-corrected chi connectivity index (χ4v) is 6.80.